The molecule has 158 valence electrons. The number of aryl methyl sites for hydroxylation is 1. The van der Waals surface area contributed by atoms with Crippen molar-refractivity contribution in [1.82, 2.24) is 18.9 Å². The highest BCUT2D eigenvalue weighted by Crippen LogP contribution is 2.24. The fraction of sp³-hybridized carbons (Fsp3) is 0.474. The van der Waals surface area contributed by atoms with Crippen molar-refractivity contribution >= 4 is 27.6 Å². The zero-order valence-electron chi connectivity index (χ0n) is 16.6. The van der Waals surface area contributed by atoms with Crippen LogP contribution in [-0.2, 0) is 21.4 Å². The molecule has 1 N–H and O–H groups in total. The van der Waals surface area contributed by atoms with E-state index in [1.54, 1.807) is 18.3 Å². The average molecular weight is 439 g/mol. The zero-order valence-corrected chi connectivity index (χ0v) is 18.3. The molecule has 2 heterocycles. The summed E-state index contributed by atoms with van der Waals surface area (Å²) >= 11 is 1.55. The van der Waals surface area contributed by atoms with E-state index in [-0.39, 0.29) is 19.6 Å². The number of rotatable bonds is 7. The summed E-state index contributed by atoms with van der Waals surface area (Å²) in [5.41, 5.74) is 3.12. The normalized spacial score (nSPS) is 15.4. The predicted octanol–water partition coefficient (Wildman–Crippen LogP) is 2.27. The Morgan fingerprint density at radius 2 is 1.90 bits per heavy atom. The minimum atomic E-state index is -3.58. The number of hydrogen-bond donors (Lipinski definition) is 1. The minimum Gasteiger partial charge on any atom is -0.450 e. The Labute approximate surface area is 175 Å². The van der Waals surface area contributed by atoms with Gasteiger partial charge in [0.25, 0.3) is 10.2 Å². The molecule has 1 aromatic carbocycles. The minimum absolute atomic E-state index is 0.252. The third kappa shape index (κ3) is 5.75. The number of amides is 1. The van der Waals surface area contributed by atoms with Gasteiger partial charge in [-0.3, -0.25) is 0 Å². The van der Waals surface area contributed by atoms with Crippen LogP contribution in [0.2, 0.25) is 0 Å². The fourth-order valence-electron chi connectivity index (χ4n) is 2.98. The van der Waals surface area contributed by atoms with Crippen molar-refractivity contribution in [2.24, 2.45) is 0 Å². The number of hydrogen-bond acceptors (Lipinski definition) is 6. The average Bonchev–Trinajstić information content (AvgIpc) is 3.17. The molecule has 1 fully saturated rings. The van der Waals surface area contributed by atoms with E-state index in [1.807, 2.05) is 36.6 Å². The summed E-state index contributed by atoms with van der Waals surface area (Å²) in [5.74, 6) is 0. The van der Waals surface area contributed by atoms with Crippen LogP contribution >= 0.6 is 11.3 Å². The van der Waals surface area contributed by atoms with Gasteiger partial charge in [-0.1, -0.05) is 29.8 Å². The van der Waals surface area contributed by atoms with Crippen molar-refractivity contribution < 1.29 is 17.9 Å². The van der Waals surface area contributed by atoms with Crippen LogP contribution in [-0.4, -0.2) is 68.0 Å². The van der Waals surface area contributed by atoms with Crippen LogP contribution in [0, 0.1) is 6.92 Å². The van der Waals surface area contributed by atoms with Gasteiger partial charge in [-0.15, -0.1) is 11.3 Å². The highest BCUT2D eigenvalue weighted by Gasteiger charge is 2.29. The molecule has 0 saturated carbocycles. The van der Waals surface area contributed by atoms with Gasteiger partial charge in [0.05, 0.1) is 12.3 Å². The van der Waals surface area contributed by atoms with E-state index in [2.05, 4.69) is 9.71 Å². The van der Waals surface area contributed by atoms with E-state index < -0.39 is 16.3 Å². The molecule has 3 rings (SSSR count). The van der Waals surface area contributed by atoms with E-state index in [4.69, 9.17) is 4.74 Å². The van der Waals surface area contributed by atoms with Crippen molar-refractivity contribution in [3.05, 3.63) is 40.9 Å². The Morgan fingerprint density at radius 3 is 2.55 bits per heavy atom. The lowest BCUT2D eigenvalue weighted by Crippen LogP contribution is -2.53. The van der Waals surface area contributed by atoms with E-state index in [9.17, 15) is 13.2 Å². The van der Waals surface area contributed by atoms with Gasteiger partial charge in [0.2, 0.25) is 0 Å². The lowest BCUT2D eigenvalue weighted by atomic mass is 10.2. The second-order valence-electron chi connectivity index (χ2n) is 6.74. The van der Waals surface area contributed by atoms with Gasteiger partial charge in [-0.25, -0.2) is 14.5 Å². The maximum atomic E-state index is 12.5. The van der Waals surface area contributed by atoms with Crippen LogP contribution in [0.15, 0.2) is 29.6 Å². The van der Waals surface area contributed by atoms with Crippen LogP contribution in [0.3, 0.4) is 0 Å². The first kappa shape index (κ1) is 21.7. The van der Waals surface area contributed by atoms with Gasteiger partial charge in [0, 0.05) is 50.1 Å². The molecule has 0 spiro atoms. The molecule has 0 radical (unpaired) electrons. The Balaban J connectivity index is 1.48. The van der Waals surface area contributed by atoms with Gasteiger partial charge in [-0.05, 0) is 13.8 Å². The standard InChI is InChI=1S/C19H26N4O4S2/c1-3-27-19(24)22-10-12-23(13-11-22)29(25,26)20-9-8-17-14-28-18(21-17)16-6-4-15(2)5-7-16/h4-7,14,20H,3,8-13H2,1-2H3. The summed E-state index contributed by atoms with van der Waals surface area (Å²) < 4.78 is 33.9. The molecule has 0 bridgehead atoms. The smallest absolute Gasteiger partial charge is 0.409 e. The number of piperazine rings is 1. The highest BCUT2D eigenvalue weighted by molar-refractivity contribution is 7.87. The first-order valence-corrected chi connectivity index (χ1v) is 11.9. The summed E-state index contributed by atoms with van der Waals surface area (Å²) in [7, 11) is -3.58. The van der Waals surface area contributed by atoms with Gasteiger partial charge in [0.1, 0.15) is 5.01 Å². The molecule has 29 heavy (non-hydrogen) atoms. The Hall–Kier alpha value is -2.01. The number of aromatic nitrogens is 1. The number of nitrogens with zero attached hydrogens (tertiary/aromatic N) is 3. The van der Waals surface area contributed by atoms with Gasteiger partial charge in [-0.2, -0.15) is 12.7 Å². The van der Waals surface area contributed by atoms with E-state index in [0.29, 0.717) is 26.1 Å². The monoisotopic (exact) mass is 438 g/mol. The highest BCUT2D eigenvalue weighted by atomic mass is 32.2. The first-order chi connectivity index (χ1) is 13.9. The van der Waals surface area contributed by atoms with Crippen LogP contribution in [0.1, 0.15) is 18.2 Å². The van der Waals surface area contributed by atoms with Crippen molar-refractivity contribution in [1.29, 1.82) is 0 Å². The lowest BCUT2D eigenvalue weighted by molar-refractivity contribution is 0.0932. The molecule has 0 aliphatic carbocycles. The molecule has 1 aromatic heterocycles. The Bertz CT molecular complexity index is 920. The summed E-state index contributed by atoms with van der Waals surface area (Å²) in [6.45, 7) is 5.52. The molecule has 8 nitrogen and oxygen atoms in total. The first-order valence-electron chi connectivity index (χ1n) is 9.57. The molecule has 2 aromatic rings. The molecule has 1 saturated heterocycles. The van der Waals surface area contributed by atoms with Crippen LogP contribution in [0.25, 0.3) is 10.6 Å². The fourth-order valence-corrected chi connectivity index (χ4v) is 5.02. The number of ether oxygens (including phenoxy) is 1. The predicted molar refractivity (Wildman–Crippen MR) is 113 cm³/mol. The summed E-state index contributed by atoms with van der Waals surface area (Å²) in [5, 5.41) is 2.89. The maximum absolute atomic E-state index is 12.5. The van der Waals surface area contributed by atoms with Gasteiger partial charge < -0.3 is 9.64 Å². The Morgan fingerprint density at radius 1 is 1.21 bits per heavy atom. The molecule has 1 aliphatic heterocycles. The van der Waals surface area contributed by atoms with Crippen molar-refractivity contribution in [3.63, 3.8) is 0 Å². The molecule has 1 aliphatic rings. The molecule has 10 heteroatoms. The van der Waals surface area contributed by atoms with Crippen molar-refractivity contribution in [2.75, 3.05) is 39.3 Å². The van der Waals surface area contributed by atoms with Gasteiger partial charge >= 0.3 is 6.09 Å². The third-order valence-corrected chi connectivity index (χ3v) is 7.17. The second-order valence-corrected chi connectivity index (χ2v) is 9.36. The summed E-state index contributed by atoms with van der Waals surface area (Å²) in [4.78, 5) is 17.8. The Kier molecular flexibility index (Phi) is 7.23. The molecule has 0 unspecified atom stereocenters. The van der Waals surface area contributed by atoms with E-state index in [0.717, 1.165) is 16.3 Å². The van der Waals surface area contributed by atoms with E-state index in [1.165, 1.54) is 14.8 Å². The van der Waals surface area contributed by atoms with Crippen LogP contribution < -0.4 is 4.72 Å². The topological polar surface area (TPSA) is 91.8 Å². The van der Waals surface area contributed by atoms with Crippen molar-refractivity contribution in [2.45, 2.75) is 20.3 Å². The van der Waals surface area contributed by atoms with Crippen molar-refractivity contribution in [3.8, 4) is 10.6 Å². The quantitative estimate of drug-likeness (QED) is 0.716. The lowest BCUT2D eigenvalue weighted by Gasteiger charge is -2.33. The number of benzene rings is 1. The summed E-state index contributed by atoms with van der Waals surface area (Å²) in [6, 6.07) is 8.17. The number of carbonyl (C=O) groups is 1. The number of nitrogens with one attached hydrogen (secondary N) is 1. The van der Waals surface area contributed by atoms with Crippen LogP contribution in [0.5, 0.6) is 0 Å². The largest absolute Gasteiger partial charge is 0.450 e. The number of thiazole rings is 1. The summed E-state index contributed by atoms with van der Waals surface area (Å²) in [6.07, 6.45) is 0.120. The van der Waals surface area contributed by atoms with E-state index >= 15 is 0 Å². The van der Waals surface area contributed by atoms with Crippen LogP contribution in [0.4, 0.5) is 4.79 Å². The zero-order chi connectivity index (χ0) is 20.9. The third-order valence-electron chi connectivity index (χ3n) is 4.62. The number of carbonyl (C=O) groups excluding carboxylic acids is 1. The SMILES string of the molecule is CCOC(=O)N1CCN(S(=O)(=O)NCCc2csc(-c3ccc(C)cc3)n2)CC1. The molecular weight excluding hydrogens is 412 g/mol. The van der Waals surface area contributed by atoms with Gasteiger partial charge in [0.15, 0.2) is 0 Å². The molecular formula is C19H26N4O4S2. The molecule has 1 amide bonds. The molecule has 0 atom stereocenters. The maximum Gasteiger partial charge on any atom is 0.409 e. The second kappa shape index (κ2) is 9.66.